The highest BCUT2D eigenvalue weighted by molar-refractivity contribution is 5.86. The van der Waals surface area contributed by atoms with Gasteiger partial charge in [-0.05, 0) is 30.3 Å². The predicted molar refractivity (Wildman–Crippen MR) is 76.2 cm³/mol. The lowest BCUT2D eigenvalue weighted by Gasteiger charge is -2.12. The molecule has 1 atom stereocenters. The monoisotopic (exact) mass is 270 g/mol. The number of fused-ring (bicyclic) bond motifs is 1. The lowest BCUT2D eigenvalue weighted by Crippen LogP contribution is -2.13. The van der Waals surface area contributed by atoms with Crippen LogP contribution >= 0.6 is 24.8 Å². The largest absolute Gasteiger partial charge is 0.310 e. The minimum absolute atomic E-state index is 0. The Morgan fingerprint density at radius 3 is 2.71 bits per heavy atom. The Balaban J connectivity index is 0.000000722. The average Bonchev–Trinajstić information content (AvgIpc) is 2.82. The Kier molecular flexibility index (Phi) is 5.19. The molecule has 1 saturated heterocycles. The maximum Gasteiger partial charge on any atom is 0.0346 e. The molecule has 0 spiro atoms. The normalized spacial score (nSPS) is 18.5. The molecule has 1 fully saturated rings. The SMILES string of the molecule is Cl.Cl.c1ccc2c([C@@H]3CCCN3)cncc2c1. The molecule has 0 amide bonds. The van der Waals surface area contributed by atoms with E-state index in [4.69, 9.17) is 0 Å². The van der Waals surface area contributed by atoms with Gasteiger partial charge in [-0.25, -0.2) is 0 Å². The number of rotatable bonds is 1. The second-order valence-electron chi connectivity index (χ2n) is 4.10. The van der Waals surface area contributed by atoms with Gasteiger partial charge in [0.1, 0.15) is 0 Å². The lowest BCUT2D eigenvalue weighted by atomic mass is 10.0. The van der Waals surface area contributed by atoms with Crippen LogP contribution in [0.3, 0.4) is 0 Å². The van der Waals surface area contributed by atoms with Gasteiger partial charge < -0.3 is 5.32 Å². The van der Waals surface area contributed by atoms with E-state index in [0.717, 1.165) is 6.54 Å². The van der Waals surface area contributed by atoms with Gasteiger partial charge in [0.05, 0.1) is 0 Å². The molecule has 0 radical (unpaired) electrons. The van der Waals surface area contributed by atoms with Crippen molar-refractivity contribution in [1.82, 2.24) is 10.3 Å². The maximum atomic E-state index is 4.32. The smallest absolute Gasteiger partial charge is 0.0346 e. The van der Waals surface area contributed by atoms with Crippen molar-refractivity contribution in [1.29, 1.82) is 0 Å². The molecule has 92 valence electrons. The summed E-state index contributed by atoms with van der Waals surface area (Å²) in [6.07, 6.45) is 6.45. The Labute approximate surface area is 114 Å². The summed E-state index contributed by atoms with van der Waals surface area (Å²) in [4.78, 5) is 4.32. The van der Waals surface area contributed by atoms with Crippen molar-refractivity contribution in [2.75, 3.05) is 6.54 Å². The lowest BCUT2D eigenvalue weighted by molar-refractivity contribution is 0.650. The Bertz CT molecular complexity index is 476. The first-order valence-electron chi connectivity index (χ1n) is 5.51. The summed E-state index contributed by atoms with van der Waals surface area (Å²) in [5, 5.41) is 6.10. The molecule has 0 bridgehead atoms. The molecule has 2 heterocycles. The minimum Gasteiger partial charge on any atom is -0.310 e. The number of benzene rings is 1. The van der Waals surface area contributed by atoms with Gasteiger partial charge >= 0.3 is 0 Å². The Morgan fingerprint density at radius 2 is 1.94 bits per heavy atom. The van der Waals surface area contributed by atoms with Crippen LogP contribution in [0.4, 0.5) is 0 Å². The number of aromatic nitrogens is 1. The van der Waals surface area contributed by atoms with Crippen molar-refractivity contribution >= 4 is 35.6 Å². The second-order valence-corrected chi connectivity index (χ2v) is 4.10. The van der Waals surface area contributed by atoms with E-state index in [1.165, 1.54) is 29.2 Å². The molecule has 0 unspecified atom stereocenters. The van der Waals surface area contributed by atoms with E-state index < -0.39 is 0 Å². The summed E-state index contributed by atoms with van der Waals surface area (Å²) in [5.74, 6) is 0. The highest BCUT2D eigenvalue weighted by Crippen LogP contribution is 2.28. The fourth-order valence-corrected chi connectivity index (χ4v) is 2.37. The summed E-state index contributed by atoms with van der Waals surface area (Å²) in [6, 6.07) is 8.98. The summed E-state index contributed by atoms with van der Waals surface area (Å²) in [6.45, 7) is 1.13. The highest BCUT2D eigenvalue weighted by atomic mass is 35.5. The molecule has 1 N–H and O–H groups in total. The molecule has 1 aromatic carbocycles. The molecule has 3 rings (SSSR count). The second kappa shape index (κ2) is 6.20. The van der Waals surface area contributed by atoms with Gasteiger partial charge in [0.2, 0.25) is 0 Å². The molecule has 4 heteroatoms. The summed E-state index contributed by atoms with van der Waals surface area (Å²) in [7, 11) is 0. The molecular weight excluding hydrogens is 255 g/mol. The molecule has 0 saturated carbocycles. The van der Waals surface area contributed by atoms with Crippen LogP contribution in [0.5, 0.6) is 0 Å². The Hall–Kier alpha value is -0.830. The van der Waals surface area contributed by atoms with E-state index in [1.807, 2.05) is 12.4 Å². The van der Waals surface area contributed by atoms with E-state index >= 15 is 0 Å². The predicted octanol–water partition coefficient (Wildman–Crippen LogP) is 3.50. The number of nitrogens with zero attached hydrogens (tertiary/aromatic N) is 1. The molecule has 2 nitrogen and oxygen atoms in total. The van der Waals surface area contributed by atoms with Crippen molar-refractivity contribution in [3.63, 3.8) is 0 Å². The third-order valence-electron chi connectivity index (χ3n) is 3.13. The third kappa shape index (κ3) is 2.71. The topological polar surface area (TPSA) is 24.9 Å². The fraction of sp³-hybridized carbons (Fsp3) is 0.308. The quantitative estimate of drug-likeness (QED) is 0.858. The average molecular weight is 271 g/mol. The van der Waals surface area contributed by atoms with Crippen LogP contribution in [0.15, 0.2) is 36.7 Å². The minimum atomic E-state index is 0. The van der Waals surface area contributed by atoms with E-state index in [0.29, 0.717) is 6.04 Å². The van der Waals surface area contributed by atoms with Crippen molar-refractivity contribution in [2.24, 2.45) is 0 Å². The van der Waals surface area contributed by atoms with E-state index in [1.54, 1.807) is 0 Å². The molecule has 1 aromatic heterocycles. The van der Waals surface area contributed by atoms with Crippen molar-refractivity contribution in [3.05, 3.63) is 42.2 Å². The van der Waals surface area contributed by atoms with Crippen molar-refractivity contribution in [2.45, 2.75) is 18.9 Å². The van der Waals surface area contributed by atoms with E-state index in [-0.39, 0.29) is 24.8 Å². The highest BCUT2D eigenvalue weighted by Gasteiger charge is 2.18. The van der Waals surface area contributed by atoms with Crippen LogP contribution in [0.1, 0.15) is 24.4 Å². The number of pyridine rings is 1. The van der Waals surface area contributed by atoms with E-state index in [9.17, 15) is 0 Å². The van der Waals surface area contributed by atoms with Crippen LogP contribution in [0.25, 0.3) is 10.8 Å². The molecule has 1 aliphatic rings. The van der Waals surface area contributed by atoms with Crippen LogP contribution in [-0.2, 0) is 0 Å². The first-order valence-corrected chi connectivity index (χ1v) is 5.51. The molecule has 1 aliphatic heterocycles. The van der Waals surface area contributed by atoms with Gasteiger partial charge in [0.25, 0.3) is 0 Å². The zero-order valence-corrected chi connectivity index (χ0v) is 11.1. The zero-order chi connectivity index (χ0) is 10.1. The maximum absolute atomic E-state index is 4.32. The molecule has 17 heavy (non-hydrogen) atoms. The fourth-order valence-electron chi connectivity index (χ4n) is 2.37. The van der Waals surface area contributed by atoms with E-state index in [2.05, 4.69) is 34.6 Å². The van der Waals surface area contributed by atoms with Crippen LogP contribution < -0.4 is 5.32 Å². The van der Waals surface area contributed by atoms with Gasteiger partial charge in [0, 0.05) is 23.8 Å². The zero-order valence-electron chi connectivity index (χ0n) is 9.43. The Morgan fingerprint density at radius 1 is 1.12 bits per heavy atom. The summed E-state index contributed by atoms with van der Waals surface area (Å²) < 4.78 is 0. The van der Waals surface area contributed by atoms with Gasteiger partial charge in [-0.2, -0.15) is 0 Å². The van der Waals surface area contributed by atoms with Crippen molar-refractivity contribution < 1.29 is 0 Å². The van der Waals surface area contributed by atoms with Crippen LogP contribution in [0, 0.1) is 0 Å². The van der Waals surface area contributed by atoms with Crippen molar-refractivity contribution in [3.8, 4) is 0 Å². The first-order chi connectivity index (χ1) is 7.45. The van der Waals surface area contributed by atoms with Crippen LogP contribution in [-0.4, -0.2) is 11.5 Å². The molecular formula is C13H16Cl2N2. The molecule has 0 aliphatic carbocycles. The number of hydrogen-bond acceptors (Lipinski definition) is 2. The van der Waals surface area contributed by atoms with Crippen LogP contribution in [0.2, 0.25) is 0 Å². The van der Waals surface area contributed by atoms with Gasteiger partial charge in [0.15, 0.2) is 0 Å². The third-order valence-corrected chi connectivity index (χ3v) is 3.13. The number of hydrogen-bond donors (Lipinski definition) is 1. The summed E-state index contributed by atoms with van der Waals surface area (Å²) in [5.41, 5.74) is 1.35. The standard InChI is InChI=1S/C13H14N2.2ClH/c1-2-5-11-10(4-1)8-14-9-12(11)13-6-3-7-15-13;;/h1-2,4-5,8-9,13,15H,3,6-7H2;2*1H/t13-;;/m0../s1. The number of halogens is 2. The van der Waals surface area contributed by atoms with Gasteiger partial charge in [-0.1, -0.05) is 24.3 Å². The molecule has 2 aromatic rings. The first kappa shape index (κ1) is 14.2. The van der Waals surface area contributed by atoms with Gasteiger partial charge in [-0.3, -0.25) is 4.98 Å². The summed E-state index contributed by atoms with van der Waals surface area (Å²) >= 11 is 0. The number of nitrogens with one attached hydrogen (secondary N) is 1. The van der Waals surface area contributed by atoms with Gasteiger partial charge in [-0.15, -0.1) is 24.8 Å².